The van der Waals surface area contributed by atoms with Crippen LogP contribution in [0.3, 0.4) is 0 Å². The minimum absolute atomic E-state index is 0.140. The molecule has 90 valence electrons. The molecule has 2 N–H and O–H groups in total. The van der Waals surface area contributed by atoms with E-state index in [0.717, 1.165) is 5.75 Å². The lowest BCUT2D eigenvalue weighted by molar-refractivity contribution is 0.253. The van der Waals surface area contributed by atoms with Crippen molar-refractivity contribution < 1.29 is 9.84 Å². The first-order chi connectivity index (χ1) is 8.31. The van der Waals surface area contributed by atoms with Gasteiger partial charge in [0.25, 0.3) is 0 Å². The van der Waals surface area contributed by atoms with Crippen molar-refractivity contribution >= 4 is 12.2 Å². The third kappa shape index (κ3) is 2.92. The number of aromatic amines is 1. The number of benzene rings is 1. The van der Waals surface area contributed by atoms with Gasteiger partial charge in [-0.05, 0) is 24.4 Å². The Labute approximate surface area is 104 Å². The van der Waals surface area contributed by atoms with Gasteiger partial charge in [0.2, 0.25) is 0 Å². The molecule has 0 bridgehead atoms. The van der Waals surface area contributed by atoms with E-state index in [0.29, 0.717) is 23.7 Å². The number of rotatable bonds is 5. The molecule has 1 aromatic heterocycles. The quantitative estimate of drug-likeness (QED) is 0.791. The number of nitrogens with one attached hydrogen (secondary N) is 1. The Morgan fingerprint density at radius 2 is 2.12 bits per heavy atom. The topological polar surface area (TPSA) is 63.1 Å². The molecule has 2 aromatic rings. The minimum Gasteiger partial charge on any atom is -0.492 e. The summed E-state index contributed by atoms with van der Waals surface area (Å²) >= 11 is 5.05. The highest BCUT2D eigenvalue weighted by Gasteiger charge is 2.04. The highest BCUT2D eigenvalue weighted by molar-refractivity contribution is 7.71. The van der Waals surface area contributed by atoms with Crippen LogP contribution in [0.5, 0.6) is 5.75 Å². The Hall–Kier alpha value is -1.66. The fourth-order valence-electron chi connectivity index (χ4n) is 1.47. The number of para-hydroxylation sites is 1. The van der Waals surface area contributed by atoms with Crippen LogP contribution in [0.2, 0.25) is 0 Å². The first kappa shape index (κ1) is 11.8. The molecule has 0 unspecified atom stereocenters. The molecule has 0 fully saturated rings. The van der Waals surface area contributed by atoms with Crippen LogP contribution >= 0.6 is 12.2 Å². The van der Waals surface area contributed by atoms with Gasteiger partial charge in [-0.3, -0.25) is 9.67 Å². The summed E-state index contributed by atoms with van der Waals surface area (Å²) in [6.07, 6.45) is 0. The first-order valence-electron chi connectivity index (χ1n) is 5.24. The van der Waals surface area contributed by atoms with Crippen molar-refractivity contribution in [3.8, 4) is 5.75 Å². The Bertz CT molecular complexity index is 521. The van der Waals surface area contributed by atoms with E-state index in [1.165, 1.54) is 0 Å². The van der Waals surface area contributed by atoms with Gasteiger partial charge < -0.3 is 9.84 Å². The average Bonchev–Trinajstić information content (AvgIpc) is 2.72. The number of aliphatic hydroxyl groups is 1. The SMILES string of the molecule is OCc1n[nH]c(=S)n1CCOc1ccccc1. The van der Waals surface area contributed by atoms with Gasteiger partial charge in [-0.1, -0.05) is 18.2 Å². The number of ether oxygens (including phenoxy) is 1. The molecule has 0 aliphatic carbocycles. The van der Waals surface area contributed by atoms with Crippen LogP contribution in [0.25, 0.3) is 0 Å². The summed E-state index contributed by atoms with van der Waals surface area (Å²) in [6, 6.07) is 9.54. The Morgan fingerprint density at radius 3 is 2.82 bits per heavy atom. The summed E-state index contributed by atoms with van der Waals surface area (Å²) in [4.78, 5) is 0. The van der Waals surface area contributed by atoms with Crippen LogP contribution in [-0.4, -0.2) is 26.5 Å². The molecule has 1 aromatic carbocycles. The standard InChI is InChI=1S/C11H13N3O2S/c15-8-10-12-13-11(17)14(10)6-7-16-9-4-2-1-3-5-9/h1-5,15H,6-8H2,(H,13,17). The van der Waals surface area contributed by atoms with E-state index in [1.54, 1.807) is 4.57 Å². The number of H-pyrrole nitrogens is 1. The van der Waals surface area contributed by atoms with E-state index >= 15 is 0 Å². The van der Waals surface area contributed by atoms with Crippen LogP contribution in [-0.2, 0) is 13.2 Å². The summed E-state index contributed by atoms with van der Waals surface area (Å²) in [5.74, 6) is 1.33. The fourth-order valence-corrected chi connectivity index (χ4v) is 1.72. The van der Waals surface area contributed by atoms with Gasteiger partial charge in [0.05, 0.1) is 6.54 Å². The minimum atomic E-state index is -0.140. The molecule has 0 aliphatic heterocycles. The molecule has 0 radical (unpaired) electrons. The van der Waals surface area contributed by atoms with Crippen LogP contribution in [0.4, 0.5) is 0 Å². The number of hydrogen-bond acceptors (Lipinski definition) is 4. The summed E-state index contributed by atoms with van der Waals surface area (Å²) in [7, 11) is 0. The maximum absolute atomic E-state index is 9.06. The molecule has 5 nitrogen and oxygen atoms in total. The van der Waals surface area contributed by atoms with E-state index < -0.39 is 0 Å². The number of aromatic nitrogens is 3. The molecular formula is C11H13N3O2S. The molecule has 1 heterocycles. The molecule has 2 rings (SSSR count). The molecule has 0 amide bonds. The lowest BCUT2D eigenvalue weighted by atomic mass is 10.3. The maximum Gasteiger partial charge on any atom is 0.195 e. The molecule has 0 saturated carbocycles. The fraction of sp³-hybridized carbons (Fsp3) is 0.273. The van der Waals surface area contributed by atoms with Crippen LogP contribution in [0.1, 0.15) is 5.82 Å². The third-order valence-corrected chi connectivity index (χ3v) is 2.62. The van der Waals surface area contributed by atoms with Gasteiger partial charge in [-0.2, -0.15) is 5.10 Å². The smallest absolute Gasteiger partial charge is 0.195 e. The second kappa shape index (κ2) is 5.60. The van der Waals surface area contributed by atoms with Gasteiger partial charge in [0, 0.05) is 0 Å². The van der Waals surface area contributed by atoms with Crippen molar-refractivity contribution in [3.63, 3.8) is 0 Å². The lowest BCUT2D eigenvalue weighted by Gasteiger charge is -2.07. The number of hydrogen-bond donors (Lipinski definition) is 2. The predicted octanol–water partition coefficient (Wildman–Crippen LogP) is 1.51. The van der Waals surface area contributed by atoms with Crippen molar-refractivity contribution in [2.75, 3.05) is 6.61 Å². The second-order valence-corrected chi connectivity index (χ2v) is 3.80. The van der Waals surface area contributed by atoms with Gasteiger partial charge in [0.1, 0.15) is 19.0 Å². The average molecular weight is 251 g/mol. The molecule has 0 saturated heterocycles. The zero-order valence-corrected chi connectivity index (χ0v) is 9.98. The zero-order valence-electron chi connectivity index (χ0n) is 9.17. The van der Waals surface area contributed by atoms with Crippen LogP contribution in [0.15, 0.2) is 30.3 Å². The molecule has 17 heavy (non-hydrogen) atoms. The van der Waals surface area contributed by atoms with Crippen molar-refractivity contribution in [2.24, 2.45) is 0 Å². The van der Waals surface area contributed by atoms with Crippen molar-refractivity contribution in [3.05, 3.63) is 40.9 Å². The largest absolute Gasteiger partial charge is 0.492 e. The van der Waals surface area contributed by atoms with E-state index in [1.807, 2.05) is 30.3 Å². The summed E-state index contributed by atoms with van der Waals surface area (Å²) in [6.45, 7) is 0.892. The zero-order chi connectivity index (χ0) is 12.1. The van der Waals surface area contributed by atoms with Crippen molar-refractivity contribution in [1.82, 2.24) is 14.8 Å². The monoisotopic (exact) mass is 251 g/mol. The molecular weight excluding hydrogens is 238 g/mol. The normalized spacial score (nSPS) is 10.4. The molecule has 6 heteroatoms. The Morgan fingerprint density at radius 1 is 1.35 bits per heavy atom. The maximum atomic E-state index is 9.06. The highest BCUT2D eigenvalue weighted by Crippen LogP contribution is 2.08. The number of nitrogens with zero attached hydrogens (tertiary/aromatic N) is 2. The van der Waals surface area contributed by atoms with E-state index in [4.69, 9.17) is 22.1 Å². The third-order valence-electron chi connectivity index (χ3n) is 2.31. The van der Waals surface area contributed by atoms with E-state index in [9.17, 15) is 0 Å². The van der Waals surface area contributed by atoms with Crippen molar-refractivity contribution in [1.29, 1.82) is 0 Å². The van der Waals surface area contributed by atoms with Gasteiger partial charge >= 0.3 is 0 Å². The Balaban J connectivity index is 1.94. The molecule has 0 aliphatic rings. The van der Waals surface area contributed by atoms with Crippen molar-refractivity contribution in [2.45, 2.75) is 13.2 Å². The first-order valence-corrected chi connectivity index (χ1v) is 5.65. The highest BCUT2D eigenvalue weighted by atomic mass is 32.1. The summed E-state index contributed by atoms with van der Waals surface area (Å²) in [5.41, 5.74) is 0. The second-order valence-electron chi connectivity index (χ2n) is 3.42. The van der Waals surface area contributed by atoms with E-state index in [2.05, 4.69) is 10.2 Å². The number of aliphatic hydroxyl groups excluding tert-OH is 1. The van der Waals surface area contributed by atoms with Gasteiger partial charge in [-0.25, -0.2) is 0 Å². The van der Waals surface area contributed by atoms with Gasteiger partial charge in [0.15, 0.2) is 10.6 Å². The van der Waals surface area contributed by atoms with Crippen LogP contribution < -0.4 is 4.74 Å². The van der Waals surface area contributed by atoms with Gasteiger partial charge in [-0.15, -0.1) is 0 Å². The summed E-state index contributed by atoms with van der Waals surface area (Å²) < 4.78 is 7.76. The lowest BCUT2D eigenvalue weighted by Crippen LogP contribution is -2.11. The molecule has 0 atom stereocenters. The van der Waals surface area contributed by atoms with Crippen LogP contribution in [0, 0.1) is 4.77 Å². The summed E-state index contributed by atoms with van der Waals surface area (Å²) in [5, 5.41) is 15.6. The van der Waals surface area contributed by atoms with E-state index in [-0.39, 0.29) is 6.61 Å². The predicted molar refractivity (Wildman–Crippen MR) is 65.3 cm³/mol. The molecule has 0 spiro atoms. The Kier molecular flexibility index (Phi) is 3.89.